The molecular weight excluding hydrogens is 368 g/mol. The molecule has 2 amide bonds. The Balaban J connectivity index is 1.36. The maximum absolute atomic E-state index is 12.8. The monoisotopic (exact) mass is 390 g/mol. The van der Waals surface area contributed by atoms with Crippen molar-refractivity contribution in [3.63, 3.8) is 0 Å². The van der Waals surface area contributed by atoms with Crippen molar-refractivity contribution in [1.29, 1.82) is 0 Å². The third-order valence-electron chi connectivity index (χ3n) is 5.07. The van der Waals surface area contributed by atoms with Crippen molar-refractivity contribution in [3.05, 3.63) is 78.1 Å². The first-order valence-corrected chi connectivity index (χ1v) is 9.48. The summed E-state index contributed by atoms with van der Waals surface area (Å²) >= 11 is 0. The van der Waals surface area contributed by atoms with Gasteiger partial charge in [0, 0.05) is 49.7 Å². The summed E-state index contributed by atoms with van der Waals surface area (Å²) in [6.45, 7) is 2.06. The lowest BCUT2D eigenvalue weighted by Gasteiger charge is -2.35. The Bertz CT molecular complexity index is 974. The second kappa shape index (κ2) is 8.18. The summed E-state index contributed by atoms with van der Waals surface area (Å²) in [6.07, 6.45) is 3.57. The van der Waals surface area contributed by atoms with Gasteiger partial charge < -0.3 is 14.5 Å². The molecule has 0 N–H and O–H groups in total. The highest BCUT2D eigenvalue weighted by Gasteiger charge is 2.25. The van der Waals surface area contributed by atoms with Crippen LogP contribution in [0.2, 0.25) is 0 Å². The highest BCUT2D eigenvalue weighted by Crippen LogP contribution is 2.16. The number of ether oxygens (including phenoxy) is 1. The molecule has 29 heavy (non-hydrogen) atoms. The van der Waals surface area contributed by atoms with Crippen LogP contribution in [0.1, 0.15) is 20.7 Å². The highest BCUT2D eigenvalue weighted by molar-refractivity contribution is 5.96. The number of aromatic nitrogens is 2. The summed E-state index contributed by atoms with van der Waals surface area (Å²) in [4.78, 5) is 29.0. The third kappa shape index (κ3) is 3.99. The van der Waals surface area contributed by atoms with Gasteiger partial charge in [0.1, 0.15) is 5.75 Å². The summed E-state index contributed by atoms with van der Waals surface area (Å²) in [5, 5.41) is 4.19. The van der Waals surface area contributed by atoms with E-state index in [4.69, 9.17) is 4.74 Å². The fourth-order valence-corrected chi connectivity index (χ4v) is 3.39. The zero-order valence-corrected chi connectivity index (χ0v) is 16.2. The van der Waals surface area contributed by atoms with Crippen molar-refractivity contribution in [1.82, 2.24) is 19.6 Å². The summed E-state index contributed by atoms with van der Waals surface area (Å²) in [5.74, 6) is 0.674. The molecule has 0 saturated carbocycles. The maximum Gasteiger partial charge on any atom is 0.253 e. The van der Waals surface area contributed by atoms with Gasteiger partial charge in [-0.05, 0) is 54.6 Å². The molecule has 0 atom stereocenters. The molecule has 3 aromatic rings. The van der Waals surface area contributed by atoms with E-state index in [0.717, 1.165) is 11.4 Å². The molecule has 2 aromatic carbocycles. The van der Waals surface area contributed by atoms with Gasteiger partial charge in [-0.3, -0.25) is 9.59 Å². The molecule has 1 aromatic heterocycles. The minimum absolute atomic E-state index is 0.0199. The molecule has 1 aliphatic heterocycles. The molecule has 1 saturated heterocycles. The predicted octanol–water partition coefficient (Wildman–Crippen LogP) is 2.48. The van der Waals surface area contributed by atoms with E-state index in [1.165, 1.54) is 0 Å². The lowest BCUT2D eigenvalue weighted by atomic mass is 10.1. The molecule has 7 nitrogen and oxygen atoms in total. The topological polar surface area (TPSA) is 67.7 Å². The van der Waals surface area contributed by atoms with Crippen LogP contribution in [0.5, 0.6) is 5.75 Å². The third-order valence-corrected chi connectivity index (χ3v) is 5.07. The van der Waals surface area contributed by atoms with E-state index in [9.17, 15) is 9.59 Å². The number of methoxy groups -OCH3 is 1. The molecule has 4 rings (SSSR count). The Morgan fingerprint density at radius 3 is 1.79 bits per heavy atom. The van der Waals surface area contributed by atoms with Gasteiger partial charge in [-0.25, -0.2) is 4.68 Å². The Hall–Kier alpha value is -3.61. The first-order chi connectivity index (χ1) is 14.2. The Morgan fingerprint density at radius 1 is 0.828 bits per heavy atom. The highest BCUT2D eigenvalue weighted by atomic mass is 16.5. The van der Waals surface area contributed by atoms with Crippen LogP contribution in [0.25, 0.3) is 5.69 Å². The van der Waals surface area contributed by atoms with Crippen LogP contribution in [0.15, 0.2) is 67.0 Å². The van der Waals surface area contributed by atoms with E-state index < -0.39 is 0 Å². The van der Waals surface area contributed by atoms with Crippen LogP contribution < -0.4 is 4.74 Å². The Labute approximate surface area is 169 Å². The molecule has 0 bridgehead atoms. The maximum atomic E-state index is 12.8. The molecule has 0 spiro atoms. The van der Waals surface area contributed by atoms with Crippen LogP contribution in [0.3, 0.4) is 0 Å². The predicted molar refractivity (Wildman–Crippen MR) is 108 cm³/mol. The number of hydrogen-bond donors (Lipinski definition) is 0. The van der Waals surface area contributed by atoms with Crippen LogP contribution in [0, 0.1) is 0 Å². The van der Waals surface area contributed by atoms with Gasteiger partial charge in [-0.1, -0.05) is 0 Å². The van der Waals surface area contributed by atoms with Crippen LogP contribution in [0.4, 0.5) is 0 Å². The van der Waals surface area contributed by atoms with Crippen molar-refractivity contribution < 1.29 is 14.3 Å². The fourth-order valence-electron chi connectivity index (χ4n) is 3.39. The summed E-state index contributed by atoms with van der Waals surface area (Å²) < 4.78 is 6.88. The molecular formula is C22H22N4O3. The number of rotatable bonds is 4. The first-order valence-electron chi connectivity index (χ1n) is 9.48. The second-order valence-electron chi connectivity index (χ2n) is 6.81. The molecule has 0 radical (unpaired) electrons. The quantitative estimate of drug-likeness (QED) is 0.686. The zero-order valence-electron chi connectivity index (χ0n) is 16.2. The molecule has 0 aliphatic carbocycles. The zero-order chi connectivity index (χ0) is 20.2. The summed E-state index contributed by atoms with van der Waals surface area (Å²) in [6, 6.07) is 16.3. The van der Waals surface area contributed by atoms with Gasteiger partial charge in [0.05, 0.1) is 12.8 Å². The number of amides is 2. The average Bonchev–Trinajstić information content (AvgIpc) is 3.33. The SMILES string of the molecule is COc1ccc(C(=O)N2CCN(C(=O)c3ccc(-n4cccn4)cc3)CC2)cc1. The van der Waals surface area contributed by atoms with Crippen molar-refractivity contribution in [2.24, 2.45) is 0 Å². The fraction of sp³-hybridized carbons (Fsp3) is 0.227. The molecule has 1 fully saturated rings. The normalized spacial score (nSPS) is 14.0. The number of carbonyl (C=O) groups is 2. The molecule has 1 aliphatic rings. The van der Waals surface area contributed by atoms with Crippen molar-refractivity contribution in [2.75, 3.05) is 33.3 Å². The van der Waals surface area contributed by atoms with Gasteiger partial charge >= 0.3 is 0 Å². The van der Waals surface area contributed by atoms with Gasteiger partial charge in [-0.15, -0.1) is 0 Å². The van der Waals surface area contributed by atoms with E-state index >= 15 is 0 Å². The second-order valence-corrected chi connectivity index (χ2v) is 6.81. The summed E-state index contributed by atoms with van der Waals surface area (Å²) in [7, 11) is 1.60. The number of carbonyl (C=O) groups excluding carboxylic acids is 2. The van der Waals surface area contributed by atoms with Gasteiger partial charge in [0.2, 0.25) is 0 Å². The van der Waals surface area contributed by atoms with Crippen molar-refractivity contribution in [2.45, 2.75) is 0 Å². The van der Waals surface area contributed by atoms with Crippen LogP contribution >= 0.6 is 0 Å². The average molecular weight is 390 g/mol. The number of nitrogens with zero attached hydrogens (tertiary/aromatic N) is 4. The van der Waals surface area contributed by atoms with E-state index in [1.54, 1.807) is 52.1 Å². The Morgan fingerprint density at radius 2 is 1.34 bits per heavy atom. The van der Waals surface area contributed by atoms with Crippen molar-refractivity contribution in [3.8, 4) is 11.4 Å². The largest absolute Gasteiger partial charge is 0.497 e. The standard InChI is InChI=1S/C22H22N4O3/c1-29-20-9-5-18(6-10-20)22(28)25-15-13-24(14-16-25)21(27)17-3-7-19(8-4-17)26-12-2-11-23-26/h2-12H,13-16H2,1H3. The van der Waals surface area contributed by atoms with E-state index in [0.29, 0.717) is 37.3 Å². The minimum Gasteiger partial charge on any atom is -0.497 e. The number of benzene rings is 2. The van der Waals surface area contributed by atoms with E-state index in [1.807, 2.05) is 36.5 Å². The first kappa shape index (κ1) is 18.7. The van der Waals surface area contributed by atoms with Crippen LogP contribution in [-0.2, 0) is 0 Å². The minimum atomic E-state index is -0.0247. The van der Waals surface area contributed by atoms with E-state index in [-0.39, 0.29) is 11.8 Å². The molecule has 148 valence electrons. The molecule has 0 unspecified atom stereocenters. The lowest BCUT2D eigenvalue weighted by Crippen LogP contribution is -2.50. The van der Waals surface area contributed by atoms with Gasteiger partial charge in [0.15, 0.2) is 0 Å². The lowest BCUT2D eigenvalue weighted by molar-refractivity contribution is 0.0535. The van der Waals surface area contributed by atoms with Crippen LogP contribution in [-0.4, -0.2) is 64.7 Å². The smallest absolute Gasteiger partial charge is 0.253 e. The molecule has 7 heteroatoms. The van der Waals surface area contributed by atoms with E-state index in [2.05, 4.69) is 5.10 Å². The van der Waals surface area contributed by atoms with Crippen molar-refractivity contribution >= 4 is 11.8 Å². The Kier molecular flexibility index (Phi) is 5.29. The van der Waals surface area contributed by atoms with Gasteiger partial charge in [-0.2, -0.15) is 5.10 Å². The van der Waals surface area contributed by atoms with Gasteiger partial charge in [0.25, 0.3) is 11.8 Å². The number of hydrogen-bond acceptors (Lipinski definition) is 4. The summed E-state index contributed by atoms with van der Waals surface area (Å²) in [5.41, 5.74) is 2.16. The number of piperazine rings is 1. The molecule has 2 heterocycles.